The molecule has 0 atom stereocenters. The lowest BCUT2D eigenvalue weighted by Gasteiger charge is -2.14. The van der Waals surface area contributed by atoms with E-state index in [0.29, 0.717) is 31.1 Å². The molecule has 0 aliphatic carbocycles. The number of hydrogen-bond donors (Lipinski definition) is 2. The van der Waals surface area contributed by atoms with Crippen molar-refractivity contribution in [3.63, 3.8) is 0 Å². The summed E-state index contributed by atoms with van der Waals surface area (Å²) in [5.74, 6) is 1.25. The van der Waals surface area contributed by atoms with Crippen molar-refractivity contribution in [2.24, 2.45) is 0 Å². The molecule has 24 heavy (non-hydrogen) atoms. The summed E-state index contributed by atoms with van der Waals surface area (Å²) in [5, 5.41) is 0. The van der Waals surface area contributed by atoms with E-state index in [2.05, 4.69) is 27.5 Å². The van der Waals surface area contributed by atoms with E-state index in [1.165, 1.54) is 5.56 Å². The summed E-state index contributed by atoms with van der Waals surface area (Å²) < 4.78 is 7.55. The number of benzene rings is 1. The zero-order valence-corrected chi connectivity index (χ0v) is 14.3. The molecule has 0 spiro atoms. The van der Waals surface area contributed by atoms with Crippen LogP contribution in [-0.4, -0.2) is 21.3 Å². The second kappa shape index (κ2) is 6.88. The normalized spacial score (nSPS) is 11.1. The van der Waals surface area contributed by atoms with Gasteiger partial charge in [0.25, 0.3) is 0 Å². The molecule has 0 aliphatic heterocycles. The van der Waals surface area contributed by atoms with E-state index in [0.717, 1.165) is 22.6 Å². The minimum atomic E-state index is 0.422. The fraction of sp³-hybridized carbons (Fsp3) is 0.333. The number of nitrogens with two attached hydrogens (primary N) is 1. The second-order valence-electron chi connectivity index (χ2n) is 5.73. The highest BCUT2D eigenvalue weighted by Gasteiger charge is 2.17. The molecule has 0 aliphatic rings. The van der Waals surface area contributed by atoms with Crippen LogP contribution in [0, 0.1) is 13.8 Å². The lowest BCUT2D eigenvalue weighted by molar-refractivity contribution is 0.127. The number of imidazole rings is 1. The molecule has 126 valence electrons. The summed E-state index contributed by atoms with van der Waals surface area (Å²) in [7, 11) is 0. The summed E-state index contributed by atoms with van der Waals surface area (Å²) in [4.78, 5) is 9.04. The quantitative estimate of drug-likeness (QED) is 0.728. The van der Waals surface area contributed by atoms with Crippen molar-refractivity contribution in [3.8, 4) is 0 Å². The number of hydrogen-bond acceptors (Lipinski definition) is 5. The molecule has 2 aromatic heterocycles. The summed E-state index contributed by atoms with van der Waals surface area (Å²) in [5.41, 5.74) is 14.4. The van der Waals surface area contributed by atoms with Gasteiger partial charge in [0.05, 0.1) is 12.1 Å². The standard InChI is InChI=1S/C18H23N5O/c1-4-24-11-15-22-16-17(12(2)13(3)21-18(16)19)23(15)20-10-14-8-6-5-7-9-14/h5-9,20H,4,10-11H2,1-3H3,(H2,19,21). The molecule has 3 N–H and O–H groups in total. The highest BCUT2D eigenvalue weighted by Crippen LogP contribution is 2.25. The van der Waals surface area contributed by atoms with Crippen molar-refractivity contribution < 1.29 is 4.74 Å². The monoisotopic (exact) mass is 325 g/mol. The molecule has 0 unspecified atom stereocenters. The number of aromatic nitrogens is 3. The molecule has 0 radical (unpaired) electrons. The average molecular weight is 325 g/mol. The van der Waals surface area contributed by atoms with Gasteiger partial charge in [0, 0.05) is 12.3 Å². The van der Waals surface area contributed by atoms with Gasteiger partial charge in [0.2, 0.25) is 0 Å². The molecule has 1 aromatic carbocycles. The van der Waals surface area contributed by atoms with E-state index >= 15 is 0 Å². The predicted molar refractivity (Wildman–Crippen MR) is 96.3 cm³/mol. The fourth-order valence-electron chi connectivity index (χ4n) is 2.71. The number of ether oxygens (including phenoxy) is 1. The van der Waals surface area contributed by atoms with Gasteiger partial charge in [-0.1, -0.05) is 30.3 Å². The van der Waals surface area contributed by atoms with Gasteiger partial charge in [-0.15, -0.1) is 0 Å². The molecule has 2 heterocycles. The Morgan fingerprint density at radius 2 is 1.92 bits per heavy atom. The van der Waals surface area contributed by atoms with Crippen molar-refractivity contribution >= 4 is 16.9 Å². The van der Waals surface area contributed by atoms with Gasteiger partial charge in [-0.05, 0) is 31.9 Å². The molecule has 0 saturated heterocycles. The first-order valence-corrected chi connectivity index (χ1v) is 8.11. The van der Waals surface area contributed by atoms with Crippen LogP contribution >= 0.6 is 0 Å². The highest BCUT2D eigenvalue weighted by atomic mass is 16.5. The predicted octanol–water partition coefficient (Wildman–Crippen LogP) is 2.91. The molecule has 0 amide bonds. The first-order valence-electron chi connectivity index (χ1n) is 8.11. The van der Waals surface area contributed by atoms with Gasteiger partial charge in [0.15, 0.2) is 11.6 Å². The third kappa shape index (κ3) is 3.05. The number of anilines is 1. The number of fused-ring (bicyclic) bond motifs is 1. The maximum absolute atomic E-state index is 6.09. The molecule has 0 saturated carbocycles. The molecule has 3 rings (SSSR count). The van der Waals surface area contributed by atoms with Crippen LogP contribution in [0.5, 0.6) is 0 Å². The fourth-order valence-corrected chi connectivity index (χ4v) is 2.71. The van der Waals surface area contributed by atoms with Gasteiger partial charge in [-0.3, -0.25) is 0 Å². The lowest BCUT2D eigenvalue weighted by atomic mass is 10.2. The maximum Gasteiger partial charge on any atom is 0.154 e. The van der Waals surface area contributed by atoms with Crippen LogP contribution in [0.15, 0.2) is 30.3 Å². The summed E-state index contributed by atoms with van der Waals surface area (Å²) in [6.45, 7) is 7.71. The van der Waals surface area contributed by atoms with Gasteiger partial charge in [-0.25, -0.2) is 14.6 Å². The number of nitrogens with zero attached hydrogens (tertiary/aromatic N) is 3. The smallest absolute Gasteiger partial charge is 0.154 e. The number of aryl methyl sites for hydroxylation is 2. The van der Waals surface area contributed by atoms with Crippen LogP contribution in [0.3, 0.4) is 0 Å². The van der Waals surface area contributed by atoms with E-state index < -0.39 is 0 Å². The number of nitrogen functional groups attached to an aromatic ring is 1. The third-order valence-corrected chi connectivity index (χ3v) is 4.09. The third-order valence-electron chi connectivity index (χ3n) is 4.09. The Morgan fingerprint density at radius 1 is 1.17 bits per heavy atom. The van der Waals surface area contributed by atoms with Crippen LogP contribution in [0.1, 0.15) is 29.6 Å². The Morgan fingerprint density at radius 3 is 2.62 bits per heavy atom. The first-order chi connectivity index (χ1) is 11.6. The Bertz CT molecular complexity index is 842. The molecule has 0 fully saturated rings. The van der Waals surface area contributed by atoms with E-state index in [4.69, 9.17) is 10.5 Å². The van der Waals surface area contributed by atoms with Gasteiger partial charge in [0.1, 0.15) is 12.1 Å². The average Bonchev–Trinajstić information content (AvgIpc) is 2.96. The lowest BCUT2D eigenvalue weighted by Crippen LogP contribution is -2.18. The van der Waals surface area contributed by atoms with Crippen LogP contribution in [0.4, 0.5) is 5.82 Å². The van der Waals surface area contributed by atoms with E-state index in [9.17, 15) is 0 Å². The van der Waals surface area contributed by atoms with Crippen molar-refractivity contribution in [1.82, 2.24) is 14.6 Å². The van der Waals surface area contributed by atoms with Crippen LogP contribution in [0.25, 0.3) is 11.0 Å². The summed E-state index contributed by atoms with van der Waals surface area (Å²) in [6.07, 6.45) is 0. The minimum Gasteiger partial charge on any atom is -0.382 e. The first kappa shape index (κ1) is 16.3. The Kier molecular flexibility index (Phi) is 4.66. The van der Waals surface area contributed by atoms with Crippen LogP contribution in [0.2, 0.25) is 0 Å². The topological polar surface area (TPSA) is 78.0 Å². The second-order valence-corrected chi connectivity index (χ2v) is 5.73. The summed E-state index contributed by atoms with van der Waals surface area (Å²) in [6, 6.07) is 10.2. The molecular formula is C18H23N5O. The van der Waals surface area contributed by atoms with Crippen LogP contribution in [-0.2, 0) is 17.9 Å². The number of pyridine rings is 1. The Hall–Kier alpha value is -2.60. The zero-order valence-electron chi connectivity index (χ0n) is 14.3. The van der Waals surface area contributed by atoms with Crippen molar-refractivity contribution in [2.45, 2.75) is 33.9 Å². The van der Waals surface area contributed by atoms with Crippen molar-refractivity contribution in [3.05, 3.63) is 53.0 Å². The van der Waals surface area contributed by atoms with Crippen molar-refractivity contribution in [1.29, 1.82) is 0 Å². The Labute approximate surface area is 141 Å². The Balaban J connectivity index is 2.04. The zero-order chi connectivity index (χ0) is 17.1. The molecular weight excluding hydrogens is 302 g/mol. The summed E-state index contributed by atoms with van der Waals surface area (Å²) >= 11 is 0. The SMILES string of the molecule is CCOCc1nc2c(N)nc(C)c(C)c2n1NCc1ccccc1. The van der Waals surface area contributed by atoms with Gasteiger partial charge >= 0.3 is 0 Å². The van der Waals surface area contributed by atoms with Gasteiger partial charge in [-0.2, -0.15) is 0 Å². The molecule has 0 bridgehead atoms. The minimum absolute atomic E-state index is 0.422. The van der Waals surface area contributed by atoms with E-state index in [1.807, 2.05) is 43.6 Å². The number of nitrogens with one attached hydrogen (secondary N) is 1. The number of rotatable bonds is 6. The largest absolute Gasteiger partial charge is 0.382 e. The van der Waals surface area contributed by atoms with Crippen LogP contribution < -0.4 is 11.2 Å². The molecule has 3 aromatic rings. The van der Waals surface area contributed by atoms with E-state index in [-0.39, 0.29) is 0 Å². The molecule has 6 heteroatoms. The van der Waals surface area contributed by atoms with Gasteiger partial charge < -0.3 is 15.9 Å². The molecule has 6 nitrogen and oxygen atoms in total. The van der Waals surface area contributed by atoms with Crippen molar-refractivity contribution in [2.75, 3.05) is 17.8 Å². The maximum atomic E-state index is 6.09. The highest BCUT2D eigenvalue weighted by molar-refractivity contribution is 5.88. The van der Waals surface area contributed by atoms with E-state index in [1.54, 1.807) is 0 Å².